The van der Waals surface area contributed by atoms with Gasteiger partial charge in [0.15, 0.2) is 0 Å². The summed E-state index contributed by atoms with van der Waals surface area (Å²) >= 11 is 1.52. The molecule has 4 heterocycles. The van der Waals surface area contributed by atoms with Crippen LogP contribution in [0.3, 0.4) is 0 Å². The van der Waals surface area contributed by atoms with Gasteiger partial charge in [-0.2, -0.15) is 15.5 Å². The lowest BCUT2D eigenvalue weighted by Crippen LogP contribution is -2.36. The minimum absolute atomic E-state index is 0.0350. The molecule has 0 radical (unpaired) electrons. The molecule has 0 bridgehead atoms. The van der Waals surface area contributed by atoms with E-state index in [1.807, 2.05) is 35.3 Å². The Labute approximate surface area is 195 Å². The van der Waals surface area contributed by atoms with E-state index in [0.29, 0.717) is 11.6 Å². The van der Waals surface area contributed by atoms with E-state index >= 15 is 0 Å². The Balaban J connectivity index is 1.43. The van der Waals surface area contributed by atoms with E-state index in [-0.39, 0.29) is 11.9 Å². The van der Waals surface area contributed by atoms with E-state index in [1.54, 1.807) is 23.8 Å². The molecule has 4 aromatic heterocycles. The molecule has 0 spiro atoms. The zero-order chi connectivity index (χ0) is 22.8. The number of rotatable bonds is 5. The lowest BCUT2D eigenvalue weighted by molar-refractivity contribution is -0.119. The molecule has 9 heteroatoms. The van der Waals surface area contributed by atoms with Gasteiger partial charge < -0.3 is 5.32 Å². The maximum Gasteiger partial charge on any atom is 0.217 e. The Hall–Kier alpha value is -3.64. The fourth-order valence-electron chi connectivity index (χ4n) is 4.38. The molecule has 1 saturated carbocycles. The first kappa shape index (κ1) is 21.2. The zero-order valence-electron chi connectivity index (χ0n) is 18.2. The molecule has 1 N–H and O–H groups in total. The summed E-state index contributed by atoms with van der Waals surface area (Å²) in [4.78, 5) is 16.7. The molecule has 5 rings (SSSR count). The Morgan fingerprint density at radius 1 is 1.15 bits per heavy atom. The van der Waals surface area contributed by atoms with Crippen molar-refractivity contribution in [1.29, 1.82) is 5.26 Å². The summed E-state index contributed by atoms with van der Waals surface area (Å²) in [5.74, 6) is 0.0350. The first-order chi connectivity index (χ1) is 16.1. The van der Waals surface area contributed by atoms with Crippen LogP contribution >= 0.6 is 11.8 Å². The molecule has 1 fully saturated rings. The summed E-state index contributed by atoms with van der Waals surface area (Å²) in [6.45, 7) is 1.57. The van der Waals surface area contributed by atoms with Crippen molar-refractivity contribution in [2.45, 2.75) is 54.6 Å². The molecular weight excluding hydrogens is 434 g/mol. The summed E-state index contributed by atoms with van der Waals surface area (Å²) in [6, 6.07) is 10.7. The van der Waals surface area contributed by atoms with Gasteiger partial charge in [-0.15, -0.1) is 0 Å². The average Bonchev–Trinajstić information content (AvgIpc) is 3.47. The number of pyridine rings is 2. The quantitative estimate of drug-likeness (QED) is 0.481. The van der Waals surface area contributed by atoms with Crippen LogP contribution in [0.15, 0.2) is 65.2 Å². The van der Waals surface area contributed by atoms with Gasteiger partial charge in [0.05, 0.1) is 29.5 Å². The van der Waals surface area contributed by atoms with Crippen LogP contribution in [-0.2, 0) is 4.79 Å². The number of aromatic nitrogens is 5. The smallest absolute Gasteiger partial charge is 0.217 e. The van der Waals surface area contributed by atoms with Crippen molar-refractivity contribution in [1.82, 2.24) is 29.7 Å². The highest BCUT2D eigenvalue weighted by Crippen LogP contribution is 2.35. The summed E-state index contributed by atoms with van der Waals surface area (Å²) in [5, 5.41) is 22.5. The van der Waals surface area contributed by atoms with Crippen LogP contribution in [0.5, 0.6) is 0 Å². The van der Waals surface area contributed by atoms with Crippen LogP contribution in [0.4, 0.5) is 0 Å². The Morgan fingerprint density at radius 3 is 2.73 bits per heavy atom. The van der Waals surface area contributed by atoms with E-state index < -0.39 is 0 Å². The van der Waals surface area contributed by atoms with Gasteiger partial charge in [0, 0.05) is 47.6 Å². The molecule has 166 valence electrons. The summed E-state index contributed by atoms with van der Waals surface area (Å²) in [6.07, 6.45) is 13.1. The first-order valence-electron chi connectivity index (χ1n) is 10.9. The van der Waals surface area contributed by atoms with Gasteiger partial charge in [0.1, 0.15) is 11.1 Å². The van der Waals surface area contributed by atoms with Crippen molar-refractivity contribution in [3.05, 3.63) is 60.8 Å². The molecule has 4 aromatic rings. The van der Waals surface area contributed by atoms with Crippen molar-refractivity contribution in [2.75, 3.05) is 0 Å². The monoisotopic (exact) mass is 457 g/mol. The molecule has 0 aliphatic heterocycles. The van der Waals surface area contributed by atoms with Crippen LogP contribution in [0.25, 0.3) is 16.6 Å². The Bertz CT molecular complexity index is 1330. The number of hydrogen-bond acceptors (Lipinski definition) is 6. The standard InChI is InChI=1S/C24H23N7OS/c1-16(32)29-20-5-7-21(8-6-20)30-15-19(13-27-30)17-10-22(33-23-4-2-3-9-26-23)24-18(11-25)12-28-31(24)14-17/h2-4,9-10,12-15,20-21H,5-8H2,1H3,(H,29,32)/t20-,21+. The van der Waals surface area contributed by atoms with Crippen molar-refractivity contribution >= 4 is 23.2 Å². The largest absolute Gasteiger partial charge is 0.354 e. The summed E-state index contributed by atoms with van der Waals surface area (Å²) < 4.78 is 3.80. The van der Waals surface area contributed by atoms with E-state index in [2.05, 4.69) is 38.8 Å². The minimum atomic E-state index is 0.0350. The number of nitriles is 1. The second-order valence-electron chi connectivity index (χ2n) is 8.24. The summed E-state index contributed by atoms with van der Waals surface area (Å²) in [5.41, 5.74) is 3.29. The van der Waals surface area contributed by atoms with Crippen LogP contribution in [0.2, 0.25) is 0 Å². The number of hydrogen-bond donors (Lipinski definition) is 1. The van der Waals surface area contributed by atoms with Gasteiger partial charge in [-0.1, -0.05) is 17.8 Å². The Kier molecular flexibility index (Phi) is 5.84. The van der Waals surface area contributed by atoms with Crippen molar-refractivity contribution in [3.8, 4) is 17.2 Å². The highest BCUT2D eigenvalue weighted by atomic mass is 32.2. The number of amides is 1. The predicted octanol–water partition coefficient (Wildman–Crippen LogP) is 4.24. The van der Waals surface area contributed by atoms with Crippen LogP contribution in [-0.4, -0.2) is 36.3 Å². The number of carbonyl (C=O) groups excluding carboxylic acids is 1. The number of nitrogens with zero attached hydrogens (tertiary/aromatic N) is 6. The van der Waals surface area contributed by atoms with E-state index in [4.69, 9.17) is 0 Å². The SMILES string of the molecule is CC(=O)N[C@H]1CC[C@@H](n2cc(-c3cc(Sc4ccccn4)c4c(C#N)cnn4c3)cn2)CC1. The second-order valence-corrected chi connectivity index (χ2v) is 9.30. The number of fused-ring (bicyclic) bond motifs is 1. The van der Waals surface area contributed by atoms with Crippen LogP contribution < -0.4 is 5.32 Å². The first-order valence-corrected chi connectivity index (χ1v) is 11.7. The molecule has 0 atom stereocenters. The molecule has 0 unspecified atom stereocenters. The van der Waals surface area contributed by atoms with Gasteiger partial charge >= 0.3 is 0 Å². The average molecular weight is 458 g/mol. The van der Waals surface area contributed by atoms with Gasteiger partial charge in [-0.05, 0) is 43.9 Å². The van der Waals surface area contributed by atoms with E-state index in [1.165, 1.54) is 11.8 Å². The molecule has 0 saturated heterocycles. The molecule has 1 aliphatic rings. The van der Waals surface area contributed by atoms with Gasteiger partial charge in [-0.3, -0.25) is 9.48 Å². The summed E-state index contributed by atoms with van der Waals surface area (Å²) in [7, 11) is 0. The predicted molar refractivity (Wildman–Crippen MR) is 125 cm³/mol. The topological polar surface area (TPSA) is 101 Å². The molecule has 0 aromatic carbocycles. The minimum Gasteiger partial charge on any atom is -0.354 e. The molecule has 1 aliphatic carbocycles. The molecule has 8 nitrogen and oxygen atoms in total. The molecule has 33 heavy (non-hydrogen) atoms. The molecular formula is C24H23N7OS. The van der Waals surface area contributed by atoms with E-state index in [9.17, 15) is 10.1 Å². The Morgan fingerprint density at radius 2 is 2.00 bits per heavy atom. The maximum absolute atomic E-state index is 11.3. The second kappa shape index (κ2) is 9.08. The van der Waals surface area contributed by atoms with Crippen molar-refractivity contribution < 1.29 is 4.79 Å². The van der Waals surface area contributed by atoms with Gasteiger partial charge in [0.25, 0.3) is 0 Å². The van der Waals surface area contributed by atoms with Crippen LogP contribution in [0.1, 0.15) is 44.2 Å². The third-order valence-corrected chi connectivity index (χ3v) is 6.94. The fourth-order valence-corrected chi connectivity index (χ4v) is 5.35. The van der Waals surface area contributed by atoms with Crippen LogP contribution in [0, 0.1) is 11.3 Å². The number of carbonyl (C=O) groups is 1. The third-order valence-electron chi connectivity index (χ3n) is 5.96. The van der Waals surface area contributed by atoms with Gasteiger partial charge in [0.2, 0.25) is 5.91 Å². The number of nitrogens with one attached hydrogen (secondary N) is 1. The maximum atomic E-state index is 11.3. The normalized spacial score (nSPS) is 18.2. The highest BCUT2D eigenvalue weighted by Gasteiger charge is 2.23. The fraction of sp³-hybridized carbons (Fsp3) is 0.292. The van der Waals surface area contributed by atoms with E-state index in [0.717, 1.165) is 52.2 Å². The third kappa shape index (κ3) is 4.47. The van der Waals surface area contributed by atoms with Crippen molar-refractivity contribution in [3.63, 3.8) is 0 Å². The lowest BCUT2D eigenvalue weighted by Gasteiger charge is -2.28. The van der Waals surface area contributed by atoms with Crippen molar-refractivity contribution in [2.24, 2.45) is 0 Å². The van der Waals surface area contributed by atoms with Gasteiger partial charge in [-0.25, -0.2) is 9.50 Å². The lowest BCUT2D eigenvalue weighted by atomic mass is 9.91. The zero-order valence-corrected chi connectivity index (χ0v) is 19.0. The molecule has 1 amide bonds. The highest BCUT2D eigenvalue weighted by molar-refractivity contribution is 7.99.